The summed E-state index contributed by atoms with van der Waals surface area (Å²) in [5, 5.41) is 9.60. The van der Waals surface area contributed by atoms with Crippen LogP contribution in [0.15, 0.2) is 18.3 Å². The molecule has 1 saturated heterocycles. The fourth-order valence-electron chi connectivity index (χ4n) is 2.47. The molecule has 0 radical (unpaired) electrons. The van der Waals surface area contributed by atoms with Crippen molar-refractivity contribution in [3.05, 3.63) is 23.9 Å². The highest BCUT2D eigenvalue weighted by Gasteiger charge is 2.19. The minimum absolute atomic E-state index is 0.413. The van der Waals surface area contributed by atoms with Crippen molar-refractivity contribution in [3.63, 3.8) is 0 Å². The van der Waals surface area contributed by atoms with E-state index in [1.807, 2.05) is 12.1 Å². The van der Waals surface area contributed by atoms with Crippen LogP contribution in [0.4, 0.5) is 5.82 Å². The zero-order valence-corrected chi connectivity index (χ0v) is 10.8. The molecule has 0 spiro atoms. The maximum absolute atomic E-state index is 9.60. The first kappa shape index (κ1) is 12.4. The average Bonchev–Trinajstić information content (AvgIpc) is 2.39. The maximum Gasteiger partial charge on any atom is 0.128 e. The summed E-state index contributed by atoms with van der Waals surface area (Å²) in [6.45, 7) is 6.25. The molecule has 94 valence electrons. The van der Waals surface area contributed by atoms with Crippen LogP contribution in [0.25, 0.3) is 0 Å². The lowest BCUT2D eigenvalue weighted by atomic mass is 9.95. The molecule has 1 aliphatic heterocycles. The molecule has 3 nitrogen and oxygen atoms in total. The van der Waals surface area contributed by atoms with Gasteiger partial charge < -0.3 is 10.0 Å². The van der Waals surface area contributed by atoms with E-state index in [2.05, 4.69) is 16.8 Å². The van der Waals surface area contributed by atoms with Gasteiger partial charge in [-0.15, -0.1) is 0 Å². The standard InChI is InChI=1S/C14H22N2O/c1-3-12-5-4-8-16(10-12)14-9-13(11(2)17)6-7-15-14/h6-7,9,11-12,17H,3-5,8,10H2,1-2H3/t11-,12?/m1/s1. The summed E-state index contributed by atoms with van der Waals surface area (Å²) in [5.41, 5.74) is 0.952. The van der Waals surface area contributed by atoms with Gasteiger partial charge in [0, 0.05) is 19.3 Å². The molecule has 1 unspecified atom stereocenters. The Morgan fingerprint density at radius 1 is 1.59 bits per heavy atom. The van der Waals surface area contributed by atoms with Crippen LogP contribution in [0.1, 0.15) is 44.8 Å². The van der Waals surface area contributed by atoms with Crippen molar-refractivity contribution in [2.45, 2.75) is 39.2 Å². The number of piperidine rings is 1. The second-order valence-electron chi connectivity index (χ2n) is 4.99. The first-order valence-corrected chi connectivity index (χ1v) is 6.59. The summed E-state index contributed by atoms with van der Waals surface area (Å²) >= 11 is 0. The third-order valence-electron chi connectivity index (χ3n) is 3.67. The van der Waals surface area contributed by atoms with Crippen LogP contribution in [0.5, 0.6) is 0 Å². The highest BCUT2D eigenvalue weighted by atomic mass is 16.3. The number of aliphatic hydroxyl groups is 1. The summed E-state index contributed by atoms with van der Waals surface area (Å²) in [7, 11) is 0. The fourth-order valence-corrected chi connectivity index (χ4v) is 2.47. The Balaban J connectivity index is 2.13. The minimum atomic E-state index is -0.413. The summed E-state index contributed by atoms with van der Waals surface area (Å²) < 4.78 is 0. The van der Waals surface area contributed by atoms with E-state index in [9.17, 15) is 5.11 Å². The molecule has 2 heterocycles. The molecular formula is C14H22N2O. The molecule has 0 aromatic carbocycles. The Bertz CT molecular complexity index is 365. The quantitative estimate of drug-likeness (QED) is 0.873. The van der Waals surface area contributed by atoms with Crippen LogP contribution in [-0.2, 0) is 0 Å². The van der Waals surface area contributed by atoms with Crippen LogP contribution >= 0.6 is 0 Å². The van der Waals surface area contributed by atoms with Crippen LogP contribution in [0, 0.1) is 5.92 Å². The summed E-state index contributed by atoms with van der Waals surface area (Å²) in [6.07, 6.45) is 5.21. The van der Waals surface area contributed by atoms with E-state index in [4.69, 9.17) is 0 Å². The molecule has 1 aromatic rings. The Labute approximate surface area is 103 Å². The molecule has 2 rings (SSSR count). The van der Waals surface area contributed by atoms with E-state index in [0.717, 1.165) is 30.4 Å². The van der Waals surface area contributed by atoms with Crippen LogP contribution < -0.4 is 4.90 Å². The molecule has 1 N–H and O–H groups in total. The number of anilines is 1. The van der Waals surface area contributed by atoms with Gasteiger partial charge in [0.1, 0.15) is 5.82 Å². The van der Waals surface area contributed by atoms with Gasteiger partial charge in [0.25, 0.3) is 0 Å². The predicted octanol–water partition coefficient (Wildman–Crippen LogP) is 2.76. The van der Waals surface area contributed by atoms with Gasteiger partial charge >= 0.3 is 0 Å². The van der Waals surface area contributed by atoms with Crippen molar-refractivity contribution in [3.8, 4) is 0 Å². The second kappa shape index (κ2) is 5.50. The molecule has 3 heteroatoms. The van der Waals surface area contributed by atoms with Crippen LogP contribution in [0.3, 0.4) is 0 Å². The van der Waals surface area contributed by atoms with Crippen LogP contribution in [-0.4, -0.2) is 23.2 Å². The molecule has 0 aliphatic carbocycles. The molecule has 1 aromatic heterocycles. The molecule has 0 amide bonds. The van der Waals surface area contributed by atoms with Crippen LogP contribution in [0.2, 0.25) is 0 Å². The summed E-state index contributed by atoms with van der Waals surface area (Å²) in [4.78, 5) is 6.78. The lowest BCUT2D eigenvalue weighted by Crippen LogP contribution is -2.35. The molecular weight excluding hydrogens is 212 g/mol. The van der Waals surface area contributed by atoms with Gasteiger partial charge in [-0.05, 0) is 43.4 Å². The number of aromatic nitrogens is 1. The van der Waals surface area contributed by atoms with Gasteiger partial charge in [-0.25, -0.2) is 4.98 Å². The van der Waals surface area contributed by atoms with E-state index in [1.165, 1.54) is 19.3 Å². The number of aliphatic hydroxyl groups excluding tert-OH is 1. The van der Waals surface area contributed by atoms with Crippen molar-refractivity contribution in [1.29, 1.82) is 0 Å². The van der Waals surface area contributed by atoms with E-state index >= 15 is 0 Å². The molecule has 17 heavy (non-hydrogen) atoms. The summed E-state index contributed by atoms with van der Waals surface area (Å²) in [6, 6.07) is 3.90. The van der Waals surface area contributed by atoms with Gasteiger partial charge in [0.05, 0.1) is 6.10 Å². The van der Waals surface area contributed by atoms with Crippen molar-refractivity contribution < 1.29 is 5.11 Å². The van der Waals surface area contributed by atoms with E-state index in [0.29, 0.717) is 0 Å². The monoisotopic (exact) mass is 234 g/mol. The molecule has 1 aliphatic rings. The van der Waals surface area contributed by atoms with Gasteiger partial charge in [0.2, 0.25) is 0 Å². The maximum atomic E-state index is 9.60. The normalized spacial score (nSPS) is 22.5. The predicted molar refractivity (Wildman–Crippen MR) is 70.1 cm³/mol. The SMILES string of the molecule is CCC1CCCN(c2cc([C@@H](C)O)ccn2)C1. The molecule has 0 bridgehead atoms. The van der Waals surface area contributed by atoms with Gasteiger partial charge in [-0.3, -0.25) is 0 Å². The third kappa shape index (κ3) is 2.97. The molecule has 2 atom stereocenters. The van der Waals surface area contributed by atoms with Gasteiger partial charge in [0.15, 0.2) is 0 Å². The molecule has 1 fully saturated rings. The first-order chi connectivity index (χ1) is 8.20. The first-order valence-electron chi connectivity index (χ1n) is 6.59. The zero-order valence-electron chi connectivity index (χ0n) is 10.8. The zero-order chi connectivity index (χ0) is 12.3. The number of pyridine rings is 1. The van der Waals surface area contributed by atoms with Gasteiger partial charge in [-0.2, -0.15) is 0 Å². The highest BCUT2D eigenvalue weighted by molar-refractivity contribution is 5.42. The lowest BCUT2D eigenvalue weighted by Gasteiger charge is -2.33. The Hall–Kier alpha value is -1.09. The number of hydrogen-bond donors (Lipinski definition) is 1. The fraction of sp³-hybridized carbons (Fsp3) is 0.643. The third-order valence-corrected chi connectivity index (χ3v) is 3.67. The second-order valence-corrected chi connectivity index (χ2v) is 4.99. The average molecular weight is 234 g/mol. The number of nitrogens with zero attached hydrogens (tertiary/aromatic N) is 2. The van der Waals surface area contributed by atoms with E-state index in [1.54, 1.807) is 13.1 Å². The Morgan fingerprint density at radius 2 is 2.41 bits per heavy atom. The lowest BCUT2D eigenvalue weighted by molar-refractivity contribution is 0.199. The van der Waals surface area contributed by atoms with Gasteiger partial charge in [-0.1, -0.05) is 13.3 Å². The van der Waals surface area contributed by atoms with E-state index < -0.39 is 6.10 Å². The molecule has 0 saturated carbocycles. The number of hydrogen-bond acceptors (Lipinski definition) is 3. The number of rotatable bonds is 3. The minimum Gasteiger partial charge on any atom is -0.389 e. The Morgan fingerprint density at radius 3 is 3.12 bits per heavy atom. The smallest absolute Gasteiger partial charge is 0.128 e. The van der Waals surface area contributed by atoms with Crippen molar-refractivity contribution in [2.24, 2.45) is 5.92 Å². The topological polar surface area (TPSA) is 36.4 Å². The van der Waals surface area contributed by atoms with Crippen molar-refractivity contribution in [2.75, 3.05) is 18.0 Å². The highest BCUT2D eigenvalue weighted by Crippen LogP contribution is 2.25. The van der Waals surface area contributed by atoms with Crippen molar-refractivity contribution in [1.82, 2.24) is 4.98 Å². The Kier molecular flexibility index (Phi) is 4.00. The summed E-state index contributed by atoms with van der Waals surface area (Å²) in [5.74, 6) is 1.81. The van der Waals surface area contributed by atoms with E-state index in [-0.39, 0.29) is 0 Å². The largest absolute Gasteiger partial charge is 0.389 e. The van der Waals surface area contributed by atoms with Crippen molar-refractivity contribution >= 4 is 5.82 Å².